The maximum absolute atomic E-state index is 11.9. The second kappa shape index (κ2) is 6.72. The van der Waals surface area contributed by atoms with E-state index in [0.29, 0.717) is 12.8 Å². The molecule has 0 saturated carbocycles. The number of anilines is 1. The lowest BCUT2D eigenvalue weighted by atomic mass is 10.1. The van der Waals surface area contributed by atoms with Crippen LogP contribution in [0.2, 0.25) is 0 Å². The molecule has 0 unspecified atom stereocenters. The lowest BCUT2D eigenvalue weighted by Gasteiger charge is -2.06. The maximum atomic E-state index is 11.9. The van der Waals surface area contributed by atoms with Crippen molar-refractivity contribution >= 4 is 21.6 Å². The van der Waals surface area contributed by atoms with Crippen LogP contribution < -0.4 is 10.5 Å². The minimum atomic E-state index is -3.67. The fraction of sp³-hybridized carbons (Fsp3) is 0.188. The van der Waals surface area contributed by atoms with Crippen molar-refractivity contribution in [3.8, 4) is 0 Å². The van der Waals surface area contributed by atoms with Crippen LogP contribution in [0.25, 0.3) is 0 Å². The van der Waals surface area contributed by atoms with E-state index in [1.165, 1.54) is 12.1 Å². The van der Waals surface area contributed by atoms with E-state index in [9.17, 15) is 13.2 Å². The van der Waals surface area contributed by atoms with Crippen molar-refractivity contribution in [1.29, 1.82) is 0 Å². The van der Waals surface area contributed by atoms with Gasteiger partial charge in [0, 0.05) is 12.1 Å². The molecule has 0 saturated heterocycles. The quantitative estimate of drug-likeness (QED) is 0.885. The largest absolute Gasteiger partial charge is 0.326 e. The van der Waals surface area contributed by atoms with Crippen LogP contribution in [0, 0.1) is 6.92 Å². The molecule has 116 valence electrons. The van der Waals surface area contributed by atoms with Crippen molar-refractivity contribution in [3.05, 3.63) is 59.7 Å². The van der Waals surface area contributed by atoms with Crippen LogP contribution >= 0.6 is 0 Å². The Bertz CT molecular complexity index is 751. The van der Waals surface area contributed by atoms with Crippen molar-refractivity contribution in [2.24, 2.45) is 5.14 Å². The molecule has 0 aromatic heterocycles. The van der Waals surface area contributed by atoms with Crippen molar-refractivity contribution in [2.75, 3.05) is 5.32 Å². The molecule has 0 radical (unpaired) electrons. The summed E-state index contributed by atoms with van der Waals surface area (Å²) in [6.07, 6.45) is 0.852. The van der Waals surface area contributed by atoms with Gasteiger partial charge in [-0.05, 0) is 43.2 Å². The maximum Gasteiger partial charge on any atom is 0.238 e. The molecular weight excluding hydrogens is 300 g/mol. The Labute approximate surface area is 130 Å². The van der Waals surface area contributed by atoms with Gasteiger partial charge in [-0.3, -0.25) is 4.79 Å². The van der Waals surface area contributed by atoms with Crippen LogP contribution in [0.1, 0.15) is 17.5 Å². The van der Waals surface area contributed by atoms with Gasteiger partial charge < -0.3 is 5.32 Å². The minimum absolute atomic E-state index is 0.0698. The first-order valence-corrected chi connectivity index (χ1v) is 8.37. The summed E-state index contributed by atoms with van der Waals surface area (Å²) in [7, 11) is -3.67. The number of amides is 1. The SMILES string of the molecule is Cc1ccc(NC(=O)CCc2ccc(S(N)(=O)=O)cc2)cc1. The third-order valence-corrected chi connectivity index (χ3v) is 4.16. The van der Waals surface area contributed by atoms with Gasteiger partial charge in [0.2, 0.25) is 15.9 Å². The molecule has 2 aromatic rings. The molecule has 0 aliphatic rings. The predicted octanol–water partition coefficient (Wildman–Crippen LogP) is 2.21. The van der Waals surface area contributed by atoms with Crippen molar-refractivity contribution in [2.45, 2.75) is 24.7 Å². The van der Waals surface area contributed by atoms with E-state index >= 15 is 0 Å². The highest BCUT2D eigenvalue weighted by Gasteiger charge is 2.08. The Hall–Kier alpha value is -2.18. The normalized spacial score (nSPS) is 11.2. The van der Waals surface area contributed by atoms with Gasteiger partial charge in [-0.15, -0.1) is 0 Å². The van der Waals surface area contributed by atoms with Crippen LogP contribution in [-0.4, -0.2) is 14.3 Å². The monoisotopic (exact) mass is 318 g/mol. The van der Waals surface area contributed by atoms with Crippen molar-refractivity contribution < 1.29 is 13.2 Å². The highest BCUT2D eigenvalue weighted by Crippen LogP contribution is 2.12. The average Bonchev–Trinajstić information content (AvgIpc) is 2.47. The number of aryl methyl sites for hydroxylation is 2. The summed E-state index contributed by atoms with van der Waals surface area (Å²) in [5, 5.41) is 7.85. The number of nitrogens with one attached hydrogen (secondary N) is 1. The number of sulfonamides is 1. The van der Waals surface area contributed by atoms with E-state index in [4.69, 9.17) is 5.14 Å². The molecule has 5 nitrogen and oxygen atoms in total. The van der Waals surface area contributed by atoms with Gasteiger partial charge >= 0.3 is 0 Å². The molecule has 3 N–H and O–H groups in total. The zero-order valence-corrected chi connectivity index (χ0v) is 13.1. The van der Waals surface area contributed by atoms with Gasteiger partial charge in [-0.25, -0.2) is 13.6 Å². The second-order valence-corrected chi connectivity index (χ2v) is 6.66. The average molecular weight is 318 g/mol. The molecule has 1 amide bonds. The standard InChI is InChI=1S/C16H18N2O3S/c1-12-2-7-14(8-3-12)18-16(19)11-6-13-4-9-15(10-5-13)22(17,20)21/h2-5,7-10H,6,11H2,1H3,(H,18,19)(H2,17,20,21). The van der Waals surface area contributed by atoms with E-state index in [1.807, 2.05) is 31.2 Å². The fourth-order valence-corrected chi connectivity index (χ4v) is 2.48. The summed E-state index contributed by atoms with van der Waals surface area (Å²) >= 11 is 0. The molecule has 22 heavy (non-hydrogen) atoms. The fourth-order valence-electron chi connectivity index (χ4n) is 1.96. The van der Waals surface area contributed by atoms with E-state index < -0.39 is 10.0 Å². The first kappa shape index (κ1) is 16.2. The number of carbonyl (C=O) groups is 1. The van der Waals surface area contributed by atoms with Crippen molar-refractivity contribution in [1.82, 2.24) is 0 Å². The first-order chi connectivity index (χ1) is 10.3. The Morgan fingerprint density at radius 1 is 1.05 bits per heavy atom. The number of nitrogens with two attached hydrogens (primary N) is 1. The number of hydrogen-bond acceptors (Lipinski definition) is 3. The predicted molar refractivity (Wildman–Crippen MR) is 85.9 cm³/mol. The number of carbonyl (C=O) groups excluding carboxylic acids is 1. The molecule has 6 heteroatoms. The van der Waals surface area contributed by atoms with Gasteiger partial charge in [0.25, 0.3) is 0 Å². The molecular formula is C16H18N2O3S. The number of primary sulfonamides is 1. The molecule has 0 bridgehead atoms. The summed E-state index contributed by atoms with van der Waals surface area (Å²) in [5.41, 5.74) is 2.78. The smallest absolute Gasteiger partial charge is 0.238 e. The number of rotatable bonds is 5. The summed E-state index contributed by atoms with van der Waals surface area (Å²) in [4.78, 5) is 11.9. The Kier molecular flexibility index (Phi) is 4.95. The molecule has 0 spiro atoms. The van der Waals surface area contributed by atoms with Gasteiger partial charge in [0.1, 0.15) is 0 Å². The van der Waals surface area contributed by atoms with Gasteiger partial charge in [-0.2, -0.15) is 0 Å². The molecule has 2 rings (SSSR count). The molecule has 0 atom stereocenters. The number of hydrogen-bond donors (Lipinski definition) is 2. The van der Waals surface area contributed by atoms with E-state index in [1.54, 1.807) is 12.1 Å². The minimum Gasteiger partial charge on any atom is -0.326 e. The molecule has 0 heterocycles. The Morgan fingerprint density at radius 3 is 2.18 bits per heavy atom. The van der Waals surface area contributed by atoms with E-state index in [2.05, 4.69) is 5.32 Å². The molecule has 0 aliphatic heterocycles. The van der Waals surface area contributed by atoms with Crippen LogP contribution in [0.15, 0.2) is 53.4 Å². The topological polar surface area (TPSA) is 89.3 Å². The van der Waals surface area contributed by atoms with Crippen molar-refractivity contribution in [3.63, 3.8) is 0 Å². The summed E-state index contributed by atoms with van der Waals surface area (Å²) in [6, 6.07) is 13.8. The molecule has 0 fully saturated rings. The highest BCUT2D eigenvalue weighted by molar-refractivity contribution is 7.89. The van der Waals surface area contributed by atoms with Crippen LogP contribution in [-0.2, 0) is 21.2 Å². The third kappa shape index (κ3) is 4.68. The van der Waals surface area contributed by atoms with E-state index in [0.717, 1.165) is 16.8 Å². The first-order valence-electron chi connectivity index (χ1n) is 6.83. The molecule has 0 aliphatic carbocycles. The Balaban J connectivity index is 1.89. The summed E-state index contributed by atoms with van der Waals surface area (Å²) in [5.74, 6) is -0.0839. The second-order valence-electron chi connectivity index (χ2n) is 5.10. The lowest BCUT2D eigenvalue weighted by molar-refractivity contribution is -0.116. The van der Waals surface area contributed by atoms with Crippen LogP contribution in [0.4, 0.5) is 5.69 Å². The van der Waals surface area contributed by atoms with Gasteiger partial charge in [-0.1, -0.05) is 29.8 Å². The lowest BCUT2D eigenvalue weighted by Crippen LogP contribution is -2.13. The zero-order valence-electron chi connectivity index (χ0n) is 12.2. The summed E-state index contributed by atoms with van der Waals surface area (Å²) in [6.45, 7) is 1.98. The zero-order chi connectivity index (χ0) is 16.2. The van der Waals surface area contributed by atoms with Crippen LogP contribution in [0.3, 0.4) is 0 Å². The Morgan fingerprint density at radius 2 is 1.64 bits per heavy atom. The van der Waals surface area contributed by atoms with Gasteiger partial charge in [0.15, 0.2) is 0 Å². The molecule has 2 aromatic carbocycles. The van der Waals surface area contributed by atoms with E-state index in [-0.39, 0.29) is 10.8 Å². The summed E-state index contributed by atoms with van der Waals surface area (Å²) < 4.78 is 22.3. The van der Waals surface area contributed by atoms with Crippen LogP contribution in [0.5, 0.6) is 0 Å². The van der Waals surface area contributed by atoms with Gasteiger partial charge in [0.05, 0.1) is 4.90 Å². The number of benzene rings is 2. The third-order valence-electron chi connectivity index (χ3n) is 3.23. The highest BCUT2D eigenvalue weighted by atomic mass is 32.2.